The molecule has 16 heavy (non-hydrogen) atoms. The van der Waals surface area contributed by atoms with Gasteiger partial charge in [0.2, 0.25) is 0 Å². The lowest BCUT2D eigenvalue weighted by atomic mass is 10.1. The lowest BCUT2D eigenvalue weighted by molar-refractivity contribution is 0.103. The molecule has 2 rings (SSSR count). The molecular weight excluding hydrogens is 236 g/mol. The van der Waals surface area contributed by atoms with Crippen molar-refractivity contribution in [2.45, 2.75) is 11.8 Å². The molecule has 0 N–H and O–H groups in total. The fraction of sp³-hybridized carbons (Fsp3) is 0.154. The monoisotopic (exact) mass is 248 g/mol. The number of thioether (sulfide) groups is 1. The Morgan fingerprint density at radius 3 is 2.38 bits per heavy atom. The number of carbonyl (C=O) groups excluding carboxylic acids is 1. The molecule has 0 atom stereocenters. The van der Waals surface area contributed by atoms with Gasteiger partial charge in [-0.15, -0.1) is 23.1 Å². The number of carbonyl (C=O) groups is 1. The lowest BCUT2D eigenvalue weighted by Crippen LogP contribution is -1.98. The third kappa shape index (κ3) is 2.36. The highest BCUT2D eigenvalue weighted by Gasteiger charge is 2.09. The van der Waals surface area contributed by atoms with Gasteiger partial charge in [-0.1, -0.05) is 0 Å². The average Bonchev–Trinajstić information content (AvgIpc) is 2.75. The van der Waals surface area contributed by atoms with Crippen LogP contribution in [0.4, 0.5) is 0 Å². The van der Waals surface area contributed by atoms with Gasteiger partial charge in [-0.25, -0.2) is 0 Å². The molecule has 1 aromatic heterocycles. The first-order chi connectivity index (χ1) is 7.70. The summed E-state index contributed by atoms with van der Waals surface area (Å²) in [6, 6.07) is 9.69. The van der Waals surface area contributed by atoms with Crippen molar-refractivity contribution in [1.82, 2.24) is 0 Å². The lowest BCUT2D eigenvalue weighted by Gasteiger charge is -2.00. The molecule has 0 aliphatic carbocycles. The van der Waals surface area contributed by atoms with Gasteiger partial charge in [0.25, 0.3) is 0 Å². The van der Waals surface area contributed by atoms with Crippen LogP contribution in [0.3, 0.4) is 0 Å². The second kappa shape index (κ2) is 4.85. The number of thiophene rings is 1. The second-order valence-corrected chi connectivity index (χ2v) is 5.50. The molecule has 0 unspecified atom stereocenters. The molecule has 1 heterocycles. The molecule has 0 bridgehead atoms. The summed E-state index contributed by atoms with van der Waals surface area (Å²) in [4.78, 5) is 14.4. The van der Waals surface area contributed by atoms with Crippen molar-refractivity contribution in [2.75, 3.05) is 6.26 Å². The van der Waals surface area contributed by atoms with Crippen LogP contribution in [0.15, 0.2) is 40.6 Å². The molecule has 0 aliphatic rings. The predicted molar refractivity (Wildman–Crippen MR) is 70.7 cm³/mol. The maximum Gasteiger partial charge on any atom is 0.193 e. The van der Waals surface area contributed by atoms with Gasteiger partial charge in [0, 0.05) is 26.3 Å². The van der Waals surface area contributed by atoms with E-state index in [2.05, 4.69) is 0 Å². The summed E-state index contributed by atoms with van der Waals surface area (Å²) in [7, 11) is 0. The number of hydrogen-bond acceptors (Lipinski definition) is 3. The summed E-state index contributed by atoms with van der Waals surface area (Å²) in [5.74, 6) is 0.108. The topological polar surface area (TPSA) is 17.1 Å². The minimum atomic E-state index is 0.108. The Morgan fingerprint density at radius 1 is 1.19 bits per heavy atom. The SMILES string of the molecule is CSc1ccc(C(=O)c2csc(C)c2)cc1. The Kier molecular flexibility index (Phi) is 3.46. The van der Waals surface area contributed by atoms with Crippen LogP contribution in [-0.4, -0.2) is 12.0 Å². The predicted octanol–water partition coefficient (Wildman–Crippen LogP) is 4.01. The third-order valence-corrected chi connectivity index (χ3v) is 3.95. The molecule has 2 aromatic rings. The Balaban J connectivity index is 2.27. The molecule has 0 aliphatic heterocycles. The second-order valence-electron chi connectivity index (χ2n) is 3.50. The highest BCUT2D eigenvalue weighted by molar-refractivity contribution is 7.98. The highest BCUT2D eigenvalue weighted by Crippen LogP contribution is 2.19. The van der Waals surface area contributed by atoms with E-state index in [-0.39, 0.29) is 5.78 Å². The van der Waals surface area contributed by atoms with E-state index in [1.807, 2.05) is 48.9 Å². The highest BCUT2D eigenvalue weighted by atomic mass is 32.2. The summed E-state index contributed by atoms with van der Waals surface area (Å²) >= 11 is 3.29. The van der Waals surface area contributed by atoms with Crippen LogP contribution in [0.25, 0.3) is 0 Å². The smallest absolute Gasteiger partial charge is 0.193 e. The number of benzene rings is 1. The van der Waals surface area contributed by atoms with E-state index in [0.717, 1.165) is 11.1 Å². The standard InChI is InChI=1S/C13H12OS2/c1-9-7-11(8-16-9)13(14)10-3-5-12(15-2)6-4-10/h3-8H,1-2H3. The largest absolute Gasteiger partial charge is 0.289 e. The van der Waals surface area contributed by atoms with E-state index in [4.69, 9.17) is 0 Å². The van der Waals surface area contributed by atoms with Gasteiger partial charge in [-0.05, 0) is 43.5 Å². The molecule has 1 aromatic carbocycles. The summed E-state index contributed by atoms with van der Waals surface area (Å²) in [5, 5.41) is 1.92. The first-order valence-corrected chi connectivity index (χ1v) is 7.05. The molecule has 0 saturated heterocycles. The van der Waals surface area contributed by atoms with Gasteiger partial charge in [-0.3, -0.25) is 4.79 Å². The van der Waals surface area contributed by atoms with Gasteiger partial charge in [-0.2, -0.15) is 0 Å². The van der Waals surface area contributed by atoms with Crippen LogP contribution >= 0.6 is 23.1 Å². The minimum absolute atomic E-state index is 0.108. The molecule has 1 nitrogen and oxygen atoms in total. The van der Waals surface area contributed by atoms with E-state index in [0.29, 0.717) is 0 Å². The van der Waals surface area contributed by atoms with E-state index in [1.54, 1.807) is 23.1 Å². The molecule has 0 amide bonds. The van der Waals surface area contributed by atoms with Crippen LogP contribution in [0, 0.1) is 6.92 Å². The van der Waals surface area contributed by atoms with Crippen molar-refractivity contribution in [1.29, 1.82) is 0 Å². The number of rotatable bonds is 3. The zero-order valence-electron chi connectivity index (χ0n) is 9.19. The Morgan fingerprint density at radius 2 is 1.88 bits per heavy atom. The maximum atomic E-state index is 12.1. The Labute approximate surface area is 104 Å². The van der Waals surface area contributed by atoms with Crippen molar-refractivity contribution >= 4 is 28.9 Å². The van der Waals surface area contributed by atoms with Crippen LogP contribution in [0.1, 0.15) is 20.8 Å². The number of ketones is 1. The van der Waals surface area contributed by atoms with E-state index in [9.17, 15) is 4.79 Å². The van der Waals surface area contributed by atoms with Crippen LogP contribution in [-0.2, 0) is 0 Å². The van der Waals surface area contributed by atoms with E-state index in [1.165, 1.54) is 9.77 Å². The summed E-state index contributed by atoms with van der Waals surface area (Å²) in [5.41, 5.74) is 1.55. The van der Waals surface area contributed by atoms with Crippen molar-refractivity contribution in [3.63, 3.8) is 0 Å². The minimum Gasteiger partial charge on any atom is -0.289 e. The molecule has 82 valence electrons. The number of aryl methyl sites for hydroxylation is 1. The fourth-order valence-corrected chi connectivity index (χ4v) is 2.56. The molecule has 0 spiro atoms. The first kappa shape index (κ1) is 11.4. The fourth-order valence-electron chi connectivity index (χ4n) is 1.47. The third-order valence-electron chi connectivity index (χ3n) is 2.34. The molecule has 0 saturated carbocycles. The average molecular weight is 248 g/mol. The zero-order chi connectivity index (χ0) is 11.5. The normalized spacial score (nSPS) is 10.4. The molecular formula is C13H12OS2. The summed E-state index contributed by atoms with van der Waals surface area (Å²) in [6.07, 6.45) is 2.03. The van der Waals surface area contributed by atoms with Gasteiger partial charge in [0.1, 0.15) is 0 Å². The van der Waals surface area contributed by atoms with Crippen molar-refractivity contribution in [2.24, 2.45) is 0 Å². The van der Waals surface area contributed by atoms with Crippen LogP contribution in [0.5, 0.6) is 0 Å². The van der Waals surface area contributed by atoms with Crippen LogP contribution in [0.2, 0.25) is 0 Å². The van der Waals surface area contributed by atoms with Crippen molar-refractivity contribution in [3.8, 4) is 0 Å². The Hall–Kier alpha value is -1.06. The quantitative estimate of drug-likeness (QED) is 0.603. The molecule has 0 fully saturated rings. The first-order valence-electron chi connectivity index (χ1n) is 4.94. The van der Waals surface area contributed by atoms with Crippen molar-refractivity contribution in [3.05, 3.63) is 51.7 Å². The van der Waals surface area contributed by atoms with Gasteiger partial charge in [0.05, 0.1) is 0 Å². The molecule has 3 heteroatoms. The van der Waals surface area contributed by atoms with Gasteiger partial charge in [0.15, 0.2) is 5.78 Å². The maximum absolute atomic E-state index is 12.1. The molecule has 0 radical (unpaired) electrons. The van der Waals surface area contributed by atoms with Crippen LogP contribution < -0.4 is 0 Å². The summed E-state index contributed by atoms with van der Waals surface area (Å²) < 4.78 is 0. The van der Waals surface area contributed by atoms with E-state index >= 15 is 0 Å². The van der Waals surface area contributed by atoms with Gasteiger partial charge >= 0.3 is 0 Å². The van der Waals surface area contributed by atoms with Crippen molar-refractivity contribution < 1.29 is 4.79 Å². The van der Waals surface area contributed by atoms with E-state index < -0.39 is 0 Å². The van der Waals surface area contributed by atoms with Gasteiger partial charge < -0.3 is 0 Å². The summed E-state index contributed by atoms with van der Waals surface area (Å²) in [6.45, 7) is 2.01. The Bertz CT molecular complexity index is 497. The zero-order valence-corrected chi connectivity index (χ0v) is 10.8. The number of hydrogen-bond donors (Lipinski definition) is 0.